The van der Waals surface area contributed by atoms with Gasteiger partial charge in [-0.05, 0) is 23.6 Å². The summed E-state index contributed by atoms with van der Waals surface area (Å²) in [5.41, 5.74) is -0.933. The van der Waals surface area contributed by atoms with Crippen LogP contribution in [0.1, 0.15) is 25.6 Å². The summed E-state index contributed by atoms with van der Waals surface area (Å²) >= 11 is 1.44. The summed E-state index contributed by atoms with van der Waals surface area (Å²) in [7, 11) is 1.47. The number of benzene rings is 1. The highest BCUT2D eigenvalue weighted by Gasteiger charge is 2.23. The Labute approximate surface area is 123 Å². The summed E-state index contributed by atoms with van der Waals surface area (Å²) in [6, 6.07) is 4.77. The van der Waals surface area contributed by atoms with Crippen LogP contribution in [0.4, 0.5) is 8.78 Å². The molecule has 7 heteroatoms. The molecule has 0 aliphatic heterocycles. The number of carbonyl (C=O) groups excluding carboxylic acids is 1. The van der Waals surface area contributed by atoms with Crippen LogP contribution in [0.25, 0.3) is 0 Å². The van der Waals surface area contributed by atoms with E-state index in [4.69, 9.17) is 5.11 Å². The lowest BCUT2D eigenvalue weighted by Gasteiger charge is -2.17. The molecule has 21 heavy (non-hydrogen) atoms. The maximum atomic E-state index is 13.3. The van der Waals surface area contributed by atoms with Crippen molar-refractivity contribution in [2.45, 2.75) is 6.54 Å². The molecule has 0 aliphatic rings. The first-order valence-electron chi connectivity index (χ1n) is 5.90. The van der Waals surface area contributed by atoms with Gasteiger partial charge in [0.2, 0.25) is 0 Å². The average Bonchev–Trinajstić information content (AvgIpc) is 2.93. The molecule has 1 amide bonds. The topological polar surface area (TPSA) is 57.6 Å². The molecule has 1 heterocycles. The van der Waals surface area contributed by atoms with Gasteiger partial charge in [0.15, 0.2) is 11.6 Å². The van der Waals surface area contributed by atoms with Crippen LogP contribution in [0.2, 0.25) is 0 Å². The predicted octanol–water partition coefficient (Wildman–Crippen LogP) is 3.00. The molecule has 0 radical (unpaired) electrons. The van der Waals surface area contributed by atoms with Crippen LogP contribution in [0, 0.1) is 11.6 Å². The minimum atomic E-state index is -1.48. The largest absolute Gasteiger partial charge is 0.478 e. The molecule has 0 aliphatic carbocycles. The van der Waals surface area contributed by atoms with Crippen molar-refractivity contribution in [3.63, 3.8) is 0 Å². The Balaban J connectivity index is 2.33. The molecular formula is C14H11F2NO3S. The van der Waals surface area contributed by atoms with Crippen molar-refractivity contribution in [1.29, 1.82) is 0 Å². The lowest BCUT2D eigenvalue weighted by atomic mass is 10.1. The molecule has 4 nitrogen and oxygen atoms in total. The van der Waals surface area contributed by atoms with E-state index in [1.807, 2.05) is 17.5 Å². The van der Waals surface area contributed by atoms with Gasteiger partial charge in [-0.15, -0.1) is 11.3 Å². The molecule has 2 rings (SSSR count). The Morgan fingerprint density at radius 2 is 1.86 bits per heavy atom. The summed E-state index contributed by atoms with van der Waals surface area (Å²) in [4.78, 5) is 25.5. The number of carbonyl (C=O) groups is 2. The third-order valence-electron chi connectivity index (χ3n) is 2.84. The normalized spacial score (nSPS) is 10.4. The highest BCUT2D eigenvalue weighted by atomic mass is 32.1. The van der Waals surface area contributed by atoms with Gasteiger partial charge < -0.3 is 10.0 Å². The minimum Gasteiger partial charge on any atom is -0.478 e. The fraction of sp³-hybridized carbons (Fsp3) is 0.143. The van der Waals surface area contributed by atoms with Crippen molar-refractivity contribution in [1.82, 2.24) is 4.90 Å². The summed E-state index contributed by atoms with van der Waals surface area (Å²) in [6.45, 7) is 0.258. The summed E-state index contributed by atoms with van der Waals surface area (Å²) < 4.78 is 26.4. The highest BCUT2D eigenvalue weighted by Crippen LogP contribution is 2.19. The van der Waals surface area contributed by atoms with Crippen molar-refractivity contribution < 1.29 is 23.5 Å². The molecule has 1 aromatic carbocycles. The van der Waals surface area contributed by atoms with E-state index in [-0.39, 0.29) is 12.1 Å². The van der Waals surface area contributed by atoms with Gasteiger partial charge in [-0.25, -0.2) is 13.6 Å². The van der Waals surface area contributed by atoms with Crippen LogP contribution in [0.3, 0.4) is 0 Å². The number of amides is 1. The maximum Gasteiger partial charge on any atom is 0.336 e. The molecule has 0 atom stereocenters. The Morgan fingerprint density at radius 1 is 1.24 bits per heavy atom. The molecule has 0 fully saturated rings. The number of nitrogens with zero attached hydrogens (tertiary/aromatic N) is 1. The Bertz CT molecular complexity index is 686. The maximum absolute atomic E-state index is 13.3. The van der Waals surface area contributed by atoms with Gasteiger partial charge in [-0.2, -0.15) is 0 Å². The summed E-state index contributed by atoms with van der Waals surface area (Å²) in [6.07, 6.45) is 0. The Kier molecular flexibility index (Phi) is 4.32. The average molecular weight is 311 g/mol. The van der Waals surface area contributed by atoms with Crippen LogP contribution in [0.5, 0.6) is 0 Å². The second kappa shape index (κ2) is 6.01. The van der Waals surface area contributed by atoms with E-state index < -0.39 is 29.1 Å². The quantitative estimate of drug-likeness (QED) is 0.944. The van der Waals surface area contributed by atoms with Gasteiger partial charge >= 0.3 is 5.97 Å². The molecule has 2 aromatic rings. The number of aromatic carboxylic acids is 1. The van der Waals surface area contributed by atoms with Gasteiger partial charge in [0.1, 0.15) is 0 Å². The number of hydrogen-bond donors (Lipinski definition) is 1. The van der Waals surface area contributed by atoms with E-state index in [2.05, 4.69) is 0 Å². The zero-order chi connectivity index (χ0) is 15.6. The molecule has 0 unspecified atom stereocenters. The molecular weight excluding hydrogens is 300 g/mol. The lowest BCUT2D eigenvalue weighted by Crippen LogP contribution is -2.27. The zero-order valence-electron chi connectivity index (χ0n) is 11.0. The molecule has 0 spiro atoms. The van der Waals surface area contributed by atoms with Crippen molar-refractivity contribution in [3.05, 3.63) is 57.3 Å². The van der Waals surface area contributed by atoms with Crippen LogP contribution < -0.4 is 0 Å². The molecule has 0 bridgehead atoms. The van der Waals surface area contributed by atoms with E-state index >= 15 is 0 Å². The number of thiophene rings is 1. The lowest BCUT2D eigenvalue weighted by molar-refractivity contribution is 0.0679. The van der Waals surface area contributed by atoms with Crippen molar-refractivity contribution in [2.24, 2.45) is 0 Å². The number of carboxylic acids is 1. The SMILES string of the molecule is CN(Cc1cccs1)C(=O)c1cc(F)c(F)cc1C(=O)O. The minimum absolute atomic E-state index is 0.258. The molecule has 1 aromatic heterocycles. The van der Waals surface area contributed by atoms with Gasteiger partial charge in [0.05, 0.1) is 17.7 Å². The third-order valence-corrected chi connectivity index (χ3v) is 3.70. The standard InChI is InChI=1S/C14H11F2NO3S/c1-17(7-8-3-2-4-21-8)13(18)9-5-11(15)12(16)6-10(9)14(19)20/h2-6H,7H2,1H3,(H,19,20). The monoisotopic (exact) mass is 311 g/mol. The fourth-order valence-corrected chi connectivity index (χ4v) is 2.57. The Hall–Kier alpha value is -2.28. The highest BCUT2D eigenvalue weighted by molar-refractivity contribution is 7.09. The second-order valence-corrected chi connectivity index (χ2v) is 5.39. The molecule has 0 saturated heterocycles. The van der Waals surface area contributed by atoms with Gasteiger partial charge in [-0.1, -0.05) is 6.07 Å². The third kappa shape index (κ3) is 3.25. The summed E-state index contributed by atoms with van der Waals surface area (Å²) in [5.74, 6) is -4.72. The molecule has 110 valence electrons. The van der Waals surface area contributed by atoms with Gasteiger partial charge in [0.25, 0.3) is 5.91 Å². The van der Waals surface area contributed by atoms with Crippen LogP contribution >= 0.6 is 11.3 Å². The molecule has 1 N–H and O–H groups in total. The smallest absolute Gasteiger partial charge is 0.336 e. The predicted molar refractivity (Wildman–Crippen MR) is 73.4 cm³/mol. The van der Waals surface area contributed by atoms with Crippen molar-refractivity contribution >= 4 is 23.2 Å². The first-order valence-corrected chi connectivity index (χ1v) is 6.78. The van der Waals surface area contributed by atoms with Gasteiger partial charge in [0, 0.05) is 11.9 Å². The van der Waals surface area contributed by atoms with E-state index in [0.717, 1.165) is 4.88 Å². The first kappa shape index (κ1) is 15.1. The summed E-state index contributed by atoms with van der Waals surface area (Å²) in [5, 5.41) is 10.9. The zero-order valence-corrected chi connectivity index (χ0v) is 11.8. The van der Waals surface area contributed by atoms with Crippen LogP contribution in [0.15, 0.2) is 29.6 Å². The van der Waals surface area contributed by atoms with E-state index in [1.165, 1.54) is 23.3 Å². The fourth-order valence-electron chi connectivity index (χ4n) is 1.81. The molecule has 0 saturated carbocycles. The number of carboxylic acid groups (broad SMARTS) is 1. The van der Waals surface area contributed by atoms with Crippen LogP contribution in [-0.4, -0.2) is 28.9 Å². The Morgan fingerprint density at radius 3 is 2.38 bits per heavy atom. The van der Waals surface area contributed by atoms with E-state index in [1.54, 1.807) is 0 Å². The van der Waals surface area contributed by atoms with Gasteiger partial charge in [-0.3, -0.25) is 4.79 Å². The van der Waals surface area contributed by atoms with Crippen molar-refractivity contribution in [3.8, 4) is 0 Å². The van der Waals surface area contributed by atoms with Crippen molar-refractivity contribution in [2.75, 3.05) is 7.05 Å². The van der Waals surface area contributed by atoms with E-state index in [9.17, 15) is 18.4 Å². The van der Waals surface area contributed by atoms with E-state index in [0.29, 0.717) is 12.1 Å². The number of halogens is 2. The first-order chi connectivity index (χ1) is 9.90. The number of rotatable bonds is 4. The second-order valence-electron chi connectivity index (χ2n) is 4.36. The number of hydrogen-bond acceptors (Lipinski definition) is 3. The van der Waals surface area contributed by atoms with Crippen LogP contribution in [-0.2, 0) is 6.54 Å².